The van der Waals surface area contributed by atoms with Crippen LogP contribution in [0.4, 0.5) is 11.4 Å². The third kappa shape index (κ3) is 8.54. The van der Waals surface area contributed by atoms with Crippen LogP contribution in [0.1, 0.15) is 52.5 Å². The number of phenols is 1. The lowest BCUT2D eigenvalue weighted by molar-refractivity contribution is 0.0696. The largest absolute Gasteiger partial charge is 0.505 e. The van der Waals surface area contributed by atoms with Crippen LogP contribution < -0.4 is 5.32 Å². The number of unbranched alkanes of at least 4 members (excludes halogenated alkanes) is 2. The van der Waals surface area contributed by atoms with E-state index < -0.39 is 43.9 Å². The Morgan fingerprint density at radius 3 is 2.30 bits per heavy atom. The molecule has 0 atom stereocenters. The maximum absolute atomic E-state index is 12.8. The number of amides is 1. The van der Waals surface area contributed by atoms with E-state index in [4.69, 9.17) is 4.55 Å². The summed E-state index contributed by atoms with van der Waals surface area (Å²) in [5, 5.41) is 32.0. The molecule has 0 unspecified atom stereocenters. The number of nitrogens with one attached hydrogen (secondary N) is 1. The molecule has 0 bridgehead atoms. The number of rotatable bonds is 13. The quantitative estimate of drug-likeness (QED) is 0.126. The Kier molecular flexibility index (Phi) is 9.92. The van der Waals surface area contributed by atoms with Crippen molar-refractivity contribution < 1.29 is 44.8 Å². The number of nitrogens with zero attached hydrogens (tertiary/aromatic N) is 2. The van der Waals surface area contributed by atoms with E-state index >= 15 is 0 Å². The first-order valence-corrected chi connectivity index (χ1v) is 15.0. The van der Waals surface area contributed by atoms with Crippen molar-refractivity contribution in [2.45, 2.75) is 32.6 Å². The number of azo groups is 1. The van der Waals surface area contributed by atoms with Gasteiger partial charge in [0.15, 0.2) is 5.75 Å². The second kappa shape index (κ2) is 13.0. The topological polar surface area (TPSA) is 209 Å². The van der Waals surface area contributed by atoms with Crippen molar-refractivity contribution in [1.29, 1.82) is 0 Å². The SMILES string of the molecule is CCCCCNC(=O)c1cc2cc(C(=O)O)ccc2c(N=Nc2ccc(CCS(=O)(=O)OS(=O)(=O)O)cc2)c1O. The number of aromatic hydroxyl groups is 1. The Labute approximate surface area is 230 Å². The molecule has 40 heavy (non-hydrogen) atoms. The van der Waals surface area contributed by atoms with Crippen molar-refractivity contribution in [3.8, 4) is 5.75 Å². The minimum Gasteiger partial charge on any atom is -0.505 e. The highest BCUT2D eigenvalue weighted by atomic mass is 32.3. The molecular weight excluding hydrogens is 566 g/mol. The van der Waals surface area contributed by atoms with Gasteiger partial charge < -0.3 is 15.5 Å². The number of hydrogen-bond donors (Lipinski definition) is 4. The first-order valence-electron chi connectivity index (χ1n) is 12.0. The van der Waals surface area contributed by atoms with Crippen LogP contribution in [0.5, 0.6) is 5.75 Å². The summed E-state index contributed by atoms with van der Waals surface area (Å²) in [4.78, 5) is 24.3. The first-order chi connectivity index (χ1) is 18.8. The minimum absolute atomic E-state index is 0.0185. The van der Waals surface area contributed by atoms with Gasteiger partial charge in [-0.3, -0.25) is 9.35 Å². The van der Waals surface area contributed by atoms with Gasteiger partial charge in [-0.25, -0.2) is 4.79 Å². The van der Waals surface area contributed by atoms with E-state index in [9.17, 15) is 36.6 Å². The molecule has 3 aromatic carbocycles. The number of benzene rings is 3. The normalized spacial score (nSPS) is 12.2. The van der Waals surface area contributed by atoms with E-state index in [-0.39, 0.29) is 23.2 Å². The fourth-order valence-corrected chi connectivity index (χ4v) is 5.51. The fourth-order valence-electron chi connectivity index (χ4n) is 3.70. The highest BCUT2D eigenvalue weighted by Crippen LogP contribution is 2.39. The van der Waals surface area contributed by atoms with Gasteiger partial charge in [0, 0.05) is 11.9 Å². The Morgan fingerprint density at radius 1 is 0.975 bits per heavy atom. The van der Waals surface area contributed by atoms with E-state index in [1.54, 1.807) is 0 Å². The molecule has 0 heterocycles. The second-order valence-electron chi connectivity index (χ2n) is 8.70. The summed E-state index contributed by atoms with van der Waals surface area (Å²) in [5.74, 6) is -2.86. The second-order valence-corrected chi connectivity index (χ2v) is 11.6. The average molecular weight is 594 g/mol. The van der Waals surface area contributed by atoms with Gasteiger partial charge in [0.1, 0.15) is 5.69 Å². The summed E-state index contributed by atoms with van der Waals surface area (Å²) >= 11 is 0. The van der Waals surface area contributed by atoms with Gasteiger partial charge in [0.2, 0.25) is 0 Å². The summed E-state index contributed by atoms with van der Waals surface area (Å²) in [7, 11) is -9.68. The van der Waals surface area contributed by atoms with Gasteiger partial charge in [-0.15, -0.1) is 8.74 Å². The molecule has 0 fully saturated rings. The molecule has 0 aliphatic heterocycles. The molecule has 0 spiro atoms. The molecule has 214 valence electrons. The molecule has 4 N–H and O–H groups in total. The van der Waals surface area contributed by atoms with Crippen LogP contribution in [0.25, 0.3) is 10.8 Å². The predicted octanol–water partition coefficient (Wildman–Crippen LogP) is 4.27. The highest BCUT2D eigenvalue weighted by Gasteiger charge is 2.21. The summed E-state index contributed by atoms with van der Waals surface area (Å²) < 4.78 is 56.7. The number of hydrogen-bond acceptors (Lipinski definition) is 10. The standard InChI is InChI=1S/C25H27N3O10S2/c1-2-3-4-12-26-24(30)21-15-18-14-17(25(31)32)7-10-20(18)22(23(21)29)28-27-19-8-5-16(6-9-19)11-13-39(33,34)38-40(35,36)37/h5-10,14-15,29H,2-4,11-13H2,1H3,(H,26,30)(H,31,32)(H,35,36,37). The van der Waals surface area contributed by atoms with Crippen molar-refractivity contribution in [3.05, 3.63) is 65.2 Å². The number of carbonyl (C=O) groups excluding carboxylic acids is 1. The maximum Gasteiger partial charge on any atom is 0.412 e. The zero-order chi connectivity index (χ0) is 29.5. The first kappa shape index (κ1) is 30.6. The monoisotopic (exact) mass is 593 g/mol. The molecule has 0 aliphatic carbocycles. The van der Waals surface area contributed by atoms with E-state index in [0.29, 0.717) is 28.6 Å². The van der Waals surface area contributed by atoms with Gasteiger partial charge in [-0.05, 0) is 54.1 Å². The lowest BCUT2D eigenvalue weighted by Gasteiger charge is -2.11. The minimum atomic E-state index is -5.16. The molecule has 3 rings (SSSR count). The Bertz CT molecular complexity index is 1650. The molecule has 3 aromatic rings. The summed E-state index contributed by atoms with van der Waals surface area (Å²) in [6, 6.07) is 11.5. The van der Waals surface area contributed by atoms with Crippen LogP contribution in [0, 0.1) is 0 Å². The van der Waals surface area contributed by atoms with Crippen molar-refractivity contribution in [2.75, 3.05) is 12.3 Å². The lowest BCUT2D eigenvalue weighted by atomic mass is 10.0. The molecular formula is C25H27N3O10S2. The van der Waals surface area contributed by atoms with Gasteiger partial charge in [-0.1, -0.05) is 38.0 Å². The molecule has 0 radical (unpaired) electrons. The van der Waals surface area contributed by atoms with Crippen molar-refractivity contribution in [1.82, 2.24) is 5.32 Å². The van der Waals surface area contributed by atoms with Gasteiger partial charge in [-0.2, -0.15) is 21.9 Å². The number of aryl methyl sites for hydroxylation is 1. The Hall–Kier alpha value is -3.92. The van der Waals surface area contributed by atoms with Crippen molar-refractivity contribution in [3.63, 3.8) is 0 Å². The molecule has 1 amide bonds. The van der Waals surface area contributed by atoms with Gasteiger partial charge >= 0.3 is 16.4 Å². The summed E-state index contributed by atoms with van der Waals surface area (Å²) in [5.41, 5.74) is 0.618. The van der Waals surface area contributed by atoms with Gasteiger partial charge in [0.05, 0.1) is 22.6 Å². The van der Waals surface area contributed by atoms with E-state index in [1.165, 1.54) is 48.5 Å². The number of carbonyl (C=O) groups is 2. The third-order valence-electron chi connectivity index (χ3n) is 5.68. The Balaban J connectivity index is 1.89. The highest BCUT2D eigenvalue weighted by molar-refractivity contribution is 7.97. The molecule has 0 aromatic heterocycles. The molecule has 0 saturated heterocycles. The van der Waals surface area contributed by atoms with E-state index in [0.717, 1.165) is 19.3 Å². The number of fused-ring (bicyclic) bond motifs is 1. The van der Waals surface area contributed by atoms with Crippen molar-refractivity contribution in [2.24, 2.45) is 10.2 Å². The average Bonchev–Trinajstić information content (AvgIpc) is 2.88. The van der Waals surface area contributed by atoms with Crippen molar-refractivity contribution >= 4 is 54.5 Å². The van der Waals surface area contributed by atoms with E-state index in [1.807, 2.05) is 6.92 Å². The number of aromatic carboxylic acids is 1. The van der Waals surface area contributed by atoms with E-state index in [2.05, 4.69) is 19.2 Å². The molecule has 15 heteroatoms. The Morgan fingerprint density at radius 2 is 1.68 bits per heavy atom. The van der Waals surface area contributed by atoms with Gasteiger partial charge in [0.25, 0.3) is 16.0 Å². The summed E-state index contributed by atoms with van der Waals surface area (Å²) in [6.07, 6.45) is 2.50. The fraction of sp³-hybridized carbons (Fsp3) is 0.280. The zero-order valence-electron chi connectivity index (χ0n) is 21.3. The number of phenolic OH excluding ortho intramolecular Hbond substituents is 1. The van der Waals surface area contributed by atoms with Crippen LogP contribution in [0.15, 0.2) is 58.8 Å². The third-order valence-corrected chi connectivity index (χ3v) is 7.90. The predicted molar refractivity (Wildman–Crippen MR) is 145 cm³/mol. The number of carboxylic acid groups (broad SMARTS) is 1. The van der Waals surface area contributed by atoms with Crippen LogP contribution >= 0.6 is 0 Å². The zero-order valence-corrected chi connectivity index (χ0v) is 22.9. The smallest absolute Gasteiger partial charge is 0.412 e. The lowest BCUT2D eigenvalue weighted by Crippen LogP contribution is -2.24. The molecule has 0 saturated carbocycles. The van der Waals surface area contributed by atoms with Crippen LogP contribution in [0.3, 0.4) is 0 Å². The summed E-state index contributed by atoms with van der Waals surface area (Å²) in [6.45, 7) is 2.42. The maximum atomic E-state index is 12.8. The van der Waals surface area contributed by atoms with Crippen LogP contribution in [-0.4, -0.2) is 55.8 Å². The number of carboxylic acids is 1. The van der Waals surface area contributed by atoms with Crippen LogP contribution in [0.2, 0.25) is 0 Å². The molecule has 13 nitrogen and oxygen atoms in total. The molecule has 0 aliphatic rings. The van der Waals surface area contributed by atoms with Crippen LogP contribution in [-0.2, 0) is 30.6 Å².